The number of aliphatic carboxylic acids is 2. The van der Waals surface area contributed by atoms with E-state index in [-0.39, 0.29) is 0 Å². The van der Waals surface area contributed by atoms with E-state index in [0.29, 0.717) is 6.61 Å². The molecule has 0 fully saturated rings. The van der Waals surface area contributed by atoms with Gasteiger partial charge in [0.1, 0.15) is 0 Å². The molecule has 0 aliphatic carbocycles. The Kier molecular flexibility index (Phi) is 7.62. The third-order valence-corrected chi connectivity index (χ3v) is 1.95. The van der Waals surface area contributed by atoms with Gasteiger partial charge in [-0.3, -0.25) is 4.79 Å². The van der Waals surface area contributed by atoms with Crippen molar-refractivity contribution in [2.45, 2.75) is 45.1 Å². The molecule has 15 heavy (non-hydrogen) atoms. The van der Waals surface area contributed by atoms with Crippen LogP contribution in [0, 0.1) is 0 Å². The van der Waals surface area contributed by atoms with E-state index in [4.69, 9.17) is 14.9 Å². The highest BCUT2D eigenvalue weighted by Crippen LogP contribution is 2.04. The minimum Gasteiger partial charge on any atom is -0.481 e. The Hall–Kier alpha value is -1.10. The van der Waals surface area contributed by atoms with E-state index in [1.54, 1.807) is 0 Å². The number of carboxylic acids is 2. The van der Waals surface area contributed by atoms with E-state index in [1.807, 2.05) is 0 Å². The molecule has 88 valence electrons. The van der Waals surface area contributed by atoms with E-state index in [1.165, 1.54) is 0 Å². The Morgan fingerprint density at radius 2 is 1.87 bits per heavy atom. The predicted molar refractivity (Wildman–Crippen MR) is 53.8 cm³/mol. The standard InChI is InChI=1S/C10H18O5/c1-2-3-4-5-6-15-8(10(13)14)7-9(11)12/h8H,2-7H2,1H3,(H,11,12)(H,13,14). The number of hydrogen-bond acceptors (Lipinski definition) is 3. The monoisotopic (exact) mass is 218 g/mol. The first-order valence-corrected chi connectivity index (χ1v) is 5.14. The van der Waals surface area contributed by atoms with Gasteiger partial charge < -0.3 is 14.9 Å². The topological polar surface area (TPSA) is 83.8 Å². The average Bonchev–Trinajstić information content (AvgIpc) is 2.15. The fourth-order valence-corrected chi connectivity index (χ4v) is 1.13. The Balaban J connectivity index is 3.67. The van der Waals surface area contributed by atoms with Gasteiger partial charge in [0.15, 0.2) is 6.10 Å². The summed E-state index contributed by atoms with van der Waals surface area (Å²) < 4.78 is 4.98. The molecule has 0 bridgehead atoms. The molecular weight excluding hydrogens is 200 g/mol. The molecule has 5 heteroatoms. The largest absolute Gasteiger partial charge is 0.481 e. The summed E-state index contributed by atoms with van der Waals surface area (Å²) in [5, 5.41) is 17.1. The Morgan fingerprint density at radius 3 is 2.33 bits per heavy atom. The maximum Gasteiger partial charge on any atom is 0.333 e. The fourth-order valence-electron chi connectivity index (χ4n) is 1.13. The van der Waals surface area contributed by atoms with Crippen LogP contribution in [-0.2, 0) is 14.3 Å². The van der Waals surface area contributed by atoms with Gasteiger partial charge in [0, 0.05) is 6.61 Å². The first kappa shape index (κ1) is 13.9. The van der Waals surface area contributed by atoms with Crippen LogP contribution in [0.4, 0.5) is 0 Å². The van der Waals surface area contributed by atoms with Crippen molar-refractivity contribution in [1.29, 1.82) is 0 Å². The molecule has 0 saturated carbocycles. The number of rotatable bonds is 9. The number of hydrogen-bond donors (Lipinski definition) is 2. The number of carbonyl (C=O) groups is 2. The minimum atomic E-state index is -1.22. The zero-order valence-corrected chi connectivity index (χ0v) is 8.94. The van der Waals surface area contributed by atoms with Gasteiger partial charge in [0.05, 0.1) is 6.42 Å². The van der Waals surface area contributed by atoms with Crippen LogP contribution >= 0.6 is 0 Å². The molecule has 1 atom stereocenters. The lowest BCUT2D eigenvalue weighted by molar-refractivity contribution is -0.156. The fraction of sp³-hybridized carbons (Fsp3) is 0.800. The third kappa shape index (κ3) is 7.93. The van der Waals surface area contributed by atoms with Gasteiger partial charge in [-0.25, -0.2) is 4.79 Å². The summed E-state index contributed by atoms with van der Waals surface area (Å²) in [5.74, 6) is -2.37. The van der Waals surface area contributed by atoms with Crippen LogP contribution in [-0.4, -0.2) is 34.9 Å². The van der Waals surface area contributed by atoms with Gasteiger partial charge in [0.25, 0.3) is 0 Å². The van der Waals surface area contributed by atoms with Crippen molar-refractivity contribution in [3.63, 3.8) is 0 Å². The highest BCUT2D eigenvalue weighted by molar-refractivity contribution is 5.79. The van der Waals surface area contributed by atoms with E-state index >= 15 is 0 Å². The lowest BCUT2D eigenvalue weighted by atomic mass is 10.2. The summed E-state index contributed by atoms with van der Waals surface area (Å²) in [6.45, 7) is 2.38. The average molecular weight is 218 g/mol. The van der Waals surface area contributed by atoms with Gasteiger partial charge in [-0.05, 0) is 6.42 Å². The molecule has 0 aliphatic rings. The van der Waals surface area contributed by atoms with Crippen molar-refractivity contribution >= 4 is 11.9 Å². The van der Waals surface area contributed by atoms with Crippen molar-refractivity contribution < 1.29 is 24.5 Å². The number of ether oxygens (including phenoxy) is 1. The van der Waals surface area contributed by atoms with Crippen LogP contribution < -0.4 is 0 Å². The second-order valence-corrected chi connectivity index (χ2v) is 3.36. The Labute approximate surface area is 89.0 Å². The minimum absolute atomic E-state index is 0.310. The smallest absolute Gasteiger partial charge is 0.333 e. The Morgan fingerprint density at radius 1 is 1.20 bits per heavy atom. The van der Waals surface area contributed by atoms with Crippen molar-refractivity contribution in [3.8, 4) is 0 Å². The molecule has 0 aromatic heterocycles. The molecule has 0 rings (SSSR count). The molecule has 5 nitrogen and oxygen atoms in total. The summed E-state index contributed by atoms with van der Waals surface area (Å²) >= 11 is 0. The zero-order valence-electron chi connectivity index (χ0n) is 8.94. The number of unbranched alkanes of at least 4 members (excludes halogenated alkanes) is 3. The van der Waals surface area contributed by atoms with Gasteiger partial charge in [-0.15, -0.1) is 0 Å². The molecule has 0 aliphatic heterocycles. The SMILES string of the molecule is CCCCCCOC(CC(=O)O)C(=O)O. The maximum absolute atomic E-state index is 10.6. The molecule has 0 aromatic carbocycles. The molecular formula is C10H18O5. The first-order valence-electron chi connectivity index (χ1n) is 5.14. The predicted octanol–water partition coefficient (Wildman–Crippen LogP) is 1.51. The van der Waals surface area contributed by atoms with Gasteiger partial charge in [-0.1, -0.05) is 26.2 Å². The normalized spacial score (nSPS) is 12.3. The first-order chi connectivity index (χ1) is 7.07. The van der Waals surface area contributed by atoms with Gasteiger partial charge >= 0.3 is 11.9 Å². The quantitative estimate of drug-likeness (QED) is 0.573. The highest BCUT2D eigenvalue weighted by atomic mass is 16.5. The highest BCUT2D eigenvalue weighted by Gasteiger charge is 2.21. The van der Waals surface area contributed by atoms with Gasteiger partial charge in [0.2, 0.25) is 0 Å². The molecule has 0 spiro atoms. The van der Waals surface area contributed by atoms with E-state index in [9.17, 15) is 9.59 Å². The van der Waals surface area contributed by atoms with E-state index in [2.05, 4.69) is 6.92 Å². The second kappa shape index (κ2) is 8.23. The summed E-state index contributed by atoms with van der Waals surface area (Å²) in [6, 6.07) is 0. The van der Waals surface area contributed by atoms with Crippen molar-refractivity contribution in [3.05, 3.63) is 0 Å². The van der Waals surface area contributed by atoms with Crippen LogP contribution in [0.2, 0.25) is 0 Å². The summed E-state index contributed by atoms with van der Waals surface area (Å²) in [4.78, 5) is 20.9. The summed E-state index contributed by atoms with van der Waals surface area (Å²) in [6.07, 6.45) is 2.23. The molecule has 0 aromatic rings. The van der Waals surface area contributed by atoms with Crippen molar-refractivity contribution in [2.75, 3.05) is 6.61 Å². The molecule has 0 amide bonds. The molecule has 0 saturated heterocycles. The van der Waals surface area contributed by atoms with Crippen molar-refractivity contribution in [2.24, 2.45) is 0 Å². The van der Waals surface area contributed by atoms with Crippen molar-refractivity contribution in [1.82, 2.24) is 0 Å². The molecule has 1 unspecified atom stereocenters. The lowest BCUT2D eigenvalue weighted by Crippen LogP contribution is -2.27. The zero-order chi connectivity index (χ0) is 11.7. The molecule has 0 radical (unpaired) electrons. The van der Waals surface area contributed by atoms with Crippen LogP contribution in [0.25, 0.3) is 0 Å². The molecule has 0 heterocycles. The van der Waals surface area contributed by atoms with E-state index in [0.717, 1.165) is 25.7 Å². The van der Waals surface area contributed by atoms with Crippen LogP contribution in [0.3, 0.4) is 0 Å². The third-order valence-electron chi connectivity index (χ3n) is 1.95. The number of carboxylic acid groups (broad SMARTS) is 2. The molecule has 2 N–H and O–H groups in total. The van der Waals surface area contributed by atoms with Crippen LogP contribution in [0.5, 0.6) is 0 Å². The maximum atomic E-state index is 10.6. The van der Waals surface area contributed by atoms with Crippen LogP contribution in [0.15, 0.2) is 0 Å². The lowest BCUT2D eigenvalue weighted by Gasteiger charge is -2.10. The summed E-state index contributed by atoms with van der Waals surface area (Å²) in [7, 11) is 0. The Bertz CT molecular complexity index is 202. The summed E-state index contributed by atoms with van der Waals surface area (Å²) in [5.41, 5.74) is 0. The van der Waals surface area contributed by atoms with Gasteiger partial charge in [-0.2, -0.15) is 0 Å². The van der Waals surface area contributed by atoms with Crippen LogP contribution in [0.1, 0.15) is 39.0 Å². The van der Waals surface area contributed by atoms with E-state index < -0.39 is 24.5 Å². The second-order valence-electron chi connectivity index (χ2n) is 3.36.